The first-order valence-corrected chi connectivity index (χ1v) is 8.92. The van der Waals surface area contributed by atoms with Crippen molar-refractivity contribution in [1.82, 2.24) is 9.47 Å². The number of amides is 1. The molecule has 1 amide bonds. The van der Waals surface area contributed by atoms with Gasteiger partial charge in [-0.3, -0.25) is 9.59 Å². The number of nitrogens with zero attached hydrogens (tertiary/aromatic N) is 2. The molecule has 1 aromatic heterocycles. The Hall–Kier alpha value is -2.40. The smallest absolute Gasteiger partial charge is 0.263 e. The lowest BCUT2D eigenvalue weighted by Crippen LogP contribution is -2.31. The van der Waals surface area contributed by atoms with Gasteiger partial charge in [-0.05, 0) is 62.2 Å². The molecule has 5 nitrogen and oxygen atoms in total. The average Bonchev–Trinajstić information content (AvgIpc) is 2.64. The van der Waals surface area contributed by atoms with E-state index in [-0.39, 0.29) is 17.0 Å². The molecule has 0 bridgehead atoms. The fourth-order valence-corrected chi connectivity index (χ4v) is 3.19. The van der Waals surface area contributed by atoms with Crippen molar-refractivity contribution in [1.29, 1.82) is 0 Å². The number of carbonyl (C=O) groups is 1. The van der Waals surface area contributed by atoms with E-state index in [2.05, 4.69) is 10.2 Å². The summed E-state index contributed by atoms with van der Waals surface area (Å²) in [5, 5.41) is 2.80. The predicted octanol–water partition coefficient (Wildman–Crippen LogP) is 2.67. The van der Waals surface area contributed by atoms with Crippen LogP contribution in [0.1, 0.15) is 35.2 Å². The molecule has 3 rings (SSSR count). The molecule has 1 aliphatic heterocycles. The minimum absolute atomic E-state index is 0.152. The minimum Gasteiger partial charge on any atom is -0.322 e. The van der Waals surface area contributed by atoms with Crippen LogP contribution in [-0.4, -0.2) is 35.0 Å². The molecule has 1 aliphatic rings. The number of aromatic nitrogens is 1. The summed E-state index contributed by atoms with van der Waals surface area (Å²) in [5.74, 6) is -0.373. The second-order valence-corrected chi connectivity index (χ2v) is 6.64. The number of pyridine rings is 1. The number of aryl methyl sites for hydroxylation is 1. The molecule has 132 valence electrons. The van der Waals surface area contributed by atoms with Gasteiger partial charge in [-0.25, -0.2) is 0 Å². The van der Waals surface area contributed by atoms with Crippen LogP contribution in [0, 0.1) is 0 Å². The summed E-state index contributed by atoms with van der Waals surface area (Å²) in [5.41, 5.74) is 1.83. The van der Waals surface area contributed by atoms with Crippen LogP contribution >= 0.6 is 0 Å². The van der Waals surface area contributed by atoms with E-state index in [1.165, 1.54) is 42.5 Å². The molecule has 0 saturated carbocycles. The van der Waals surface area contributed by atoms with Crippen LogP contribution in [0.25, 0.3) is 0 Å². The molecule has 1 N–H and O–H groups in total. The number of rotatable bonds is 5. The highest BCUT2D eigenvalue weighted by Gasteiger charge is 2.12. The third-order valence-corrected chi connectivity index (χ3v) is 4.75. The molecule has 1 aromatic carbocycles. The van der Waals surface area contributed by atoms with Gasteiger partial charge in [0, 0.05) is 25.5 Å². The van der Waals surface area contributed by atoms with Gasteiger partial charge in [-0.1, -0.05) is 18.6 Å². The fraction of sp³-hybridized carbons (Fsp3) is 0.400. The summed E-state index contributed by atoms with van der Waals surface area (Å²) in [6.45, 7) is 3.51. The van der Waals surface area contributed by atoms with Gasteiger partial charge < -0.3 is 14.8 Å². The minimum atomic E-state index is -0.373. The van der Waals surface area contributed by atoms with E-state index in [4.69, 9.17) is 0 Å². The Bertz CT molecular complexity index is 774. The molecular formula is C20H25N3O2. The summed E-state index contributed by atoms with van der Waals surface area (Å²) < 4.78 is 1.40. The van der Waals surface area contributed by atoms with Gasteiger partial charge in [-0.15, -0.1) is 0 Å². The Morgan fingerprint density at radius 3 is 2.52 bits per heavy atom. The lowest BCUT2D eigenvalue weighted by Gasteiger charge is -2.26. The van der Waals surface area contributed by atoms with Crippen molar-refractivity contribution in [2.75, 3.05) is 25.0 Å². The Balaban J connectivity index is 1.57. The molecule has 5 heteroatoms. The van der Waals surface area contributed by atoms with Crippen molar-refractivity contribution in [3.8, 4) is 0 Å². The van der Waals surface area contributed by atoms with E-state index in [1.54, 1.807) is 25.4 Å². The third-order valence-electron chi connectivity index (χ3n) is 4.75. The van der Waals surface area contributed by atoms with Gasteiger partial charge in [0.25, 0.3) is 11.5 Å². The first-order chi connectivity index (χ1) is 12.1. The molecule has 0 atom stereocenters. The van der Waals surface area contributed by atoms with Crippen LogP contribution in [0.15, 0.2) is 47.4 Å². The Labute approximate surface area is 148 Å². The molecule has 1 fully saturated rings. The summed E-state index contributed by atoms with van der Waals surface area (Å²) in [4.78, 5) is 26.8. The van der Waals surface area contributed by atoms with Crippen LogP contribution in [0.5, 0.6) is 0 Å². The zero-order chi connectivity index (χ0) is 17.6. The Kier molecular flexibility index (Phi) is 5.66. The summed E-state index contributed by atoms with van der Waals surface area (Å²) in [7, 11) is 1.64. The van der Waals surface area contributed by atoms with Gasteiger partial charge in [-0.2, -0.15) is 0 Å². The van der Waals surface area contributed by atoms with Crippen LogP contribution in [-0.2, 0) is 13.5 Å². The lowest BCUT2D eigenvalue weighted by atomic mass is 10.1. The highest BCUT2D eigenvalue weighted by Crippen LogP contribution is 2.13. The van der Waals surface area contributed by atoms with Gasteiger partial charge >= 0.3 is 0 Å². The number of piperidine rings is 1. The number of hydrogen-bond acceptors (Lipinski definition) is 3. The molecule has 0 spiro atoms. The lowest BCUT2D eigenvalue weighted by molar-refractivity contribution is 0.102. The fourth-order valence-electron chi connectivity index (χ4n) is 3.19. The van der Waals surface area contributed by atoms with Crippen molar-refractivity contribution in [2.24, 2.45) is 7.05 Å². The van der Waals surface area contributed by atoms with E-state index in [0.717, 1.165) is 13.0 Å². The van der Waals surface area contributed by atoms with E-state index in [0.29, 0.717) is 5.69 Å². The topological polar surface area (TPSA) is 54.3 Å². The first kappa shape index (κ1) is 17.4. The molecule has 0 radical (unpaired) electrons. The molecule has 1 saturated heterocycles. The third kappa shape index (κ3) is 4.57. The standard InChI is InChI=1S/C20H25N3O2/c1-22-12-5-6-18(20(22)25)19(24)21-17-9-7-16(8-10-17)11-15-23-13-3-2-4-14-23/h5-10,12H,2-4,11,13-15H2,1H3,(H,21,24). The highest BCUT2D eigenvalue weighted by molar-refractivity contribution is 6.03. The van der Waals surface area contributed by atoms with Crippen molar-refractivity contribution in [3.63, 3.8) is 0 Å². The highest BCUT2D eigenvalue weighted by atomic mass is 16.2. The number of likely N-dealkylation sites (tertiary alicyclic amines) is 1. The van der Waals surface area contributed by atoms with Crippen LogP contribution in [0.3, 0.4) is 0 Å². The zero-order valence-electron chi connectivity index (χ0n) is 14.7. The molecular weight excluding hydrogens is 314 g/mol. The second-order valence-electron chi connectivity index (χ2n) is 6.64. The SMILES string of the molecule is Cn1cccc(C(=O)Nc2ccc(CCN3CCCCC3)cc2)c1=O. The number of benzene rings is 1. The van der Waals surface area contributed by atoms with Gasteiger partial charge in [0.15, 0.2) is 0 Å². The van der Waals surface area contributed by atoms with E-state index < -0.39 is 0 Å². The molecule has 2 aromatic rings. The number of anilines is 1. The van der Waals surface area contributed by atoms with Crippen molar-refractivity contribution in [3.05, 3.63) is 64.1 Å². The van der Waals surface area contributed by atoms with Crippen LogP contribution in [0.4, 0.5) is 5.69 Å². The zero-order valence-corrected chi connectivity index (χ0v) is 14.7. The maximum Gasteiger partial charge on any atom is 0.263 e. The molecule has 0 aliphatic carbocycles. The maximum absolute atomic E-state index is 12.3. The van der Waals surface area contributed by atoms with E-state index in [1.807, 2.05) is 24.3 Å². The largest absolute Gasteiger partial charge is 0.322 e. The van der Waals surface area contributed by atoms with E-state index >= 15 is 0 Å². The number of hydrogen-bond donors (Lipinski definition) is 1. The monoisotopic (exact) mass is 339 g/mol. The van der Waals surface area contributed by atoms with Crippen LogP contribution < -0.4 is 10.9 Å². The number of nitrogens with one attached hydrogen (secondary N) is 1. The number of carbonyl (C=O) groups excluding carboxylic acids is 1. The van der Waals surface area contributed by atoms with Gasteiger partial charge in [0.2, 0.25) is 0 Å². The summed E-state index contributed by atoms with van der Waals surface area (Å²) in [6.07, 6.45) is 6.63. The van der Waals surface area contributed by atoms with Crippen molar-refractivity contribution < 1.29 is 4.79 Å². The molecule has 2 heterocycles. The Morgan fingerprint density at radius 2 is 1.80 bits per heavy atom. The van der Waals surface area contributed by atoms with Crippen LogP contribution in [0.2, 0.25) is 0 Å². The summed E-state index contributed by atoms with van der Waals surface area (Å²) in [6, 6.07) is 11.1. The van der Waals surface area contributed by atoms with Gasteiger partial charge in [0.1, 0.15) is 5.56 Å². The van der Waals surface area contributed by atoms with Crippen molar-refractivity contribution in [2.45, 2.75) is 25.7 Å². The van der Waals surface area contributed by atoms with Gasteiger partial charge in [0.05, 0.1) is 0 Å². The van der Waals surface area contributed by atoms with Crippen molar-refractivity contribution >= 4 is 11.6 Å². The predicted molar refractivity (Wildman–Crippen MR) is 100 cm³/mol. The Morgan fingerprint density at radius 1 is 1.08 bits per heavy atom. The quantitative estimate of drug-likeness (QED) is 0.911. The van der Waals surface area contributed by atoms with E-state index in [9.17, 15) is 9.59 Å². The molecule has 0 unspecified atom stereocenters. The normalized spacial score (nSPS) is 15.1. The first-order valence-electron chi connectivity index (χ1n) is 8.92. The summed E-state index contributed by atoms with van der Waals surface area (Å²) >= 11 is 0. The molecule has 25 heavy (non-hydrogen) atoms. The average molecular weight is 339 g/mol. The second kappa shape index (κ2) is 8.12. The maximum atomic E-state index is 12.3.